The van der Waals surface area contributed by atoms with E-state index in [1.165, 1.54) is 18.3 Å². The van der Waals surface area contributed by atoms with Gasteiger partial charge >= 0.3 is 5.97 Å². The maximum Gasteiger partial charge on any atom is 0.372 e. The highest BCUT2D eigenvalue weighted by Crippen LogP contribution is 2.33. The molecule has 26 heavy (non-hydrogen) atoms. The number of nitrogens with zero attached hydrogens (tertiary/aromatic N) is 2. The molecule has 2 heterocycles. The summed E-state index contributed by atoms with van der Waals surface area (Å²) >= 11 is 1.34. The number of ketones is 1. The van der Waals surface area contributed by atoms with E-state index in [1.54, 1.807) is 23.3 Å². The van der Waals surface area contributed by atoms with Crippen molar-refractivity contribution >= 4 is 40.2 Å². The fraction of sp³-hybridized carbons (Fsp3) is 0.333. The van der Waals surface area contributed by atoms with Gasteiger partial charge in [-0.2, -0.15) is 0 Å². The predicted molar refractivity (Wildman–Crippen MR) is 96.8 cm³/mol. The van der Waals surface area contributed by atoms with Crippen LogP contribution in [0.15, 0.2) is 15.4 Å². The molecule has 0 radical (unpaired) electrons. The van der Waals surface area contributed by atoms with Crippen molar-refractivity contribution in [3.05, 3.63) is 39.3 Å². The van der Waals surface area contributed by atoms with Crippen LogP contribution in [0.1, 0.15) is 58.2 Å². The third-order valence-corrected chi connectivity index (χ3v) is 5.20. The molecular formula is C18H18N2O5S. The Bertz CT molecular complexity index is 938. The van der Waals surface area contributed by atoms with Gasteiger partial charge in [-0.25, -0.2) is 9.78 Å². The SMILES string of the molecule is CCN(C(C)=O)c1nc(C=C2CCc3oc(C(=O)O)c(C)c3C2=O)cs1. The van der Waals surface area contributed by atoms with Crippen molar-refractivity contribution in [1.29, 1.82) is 0 Å². The summed E-state index contributed by atoms with van der Waals surface area (Å²) in [5, 5.41) is 11.5. The number of aryl methyl sites for hydroxylation is 1. The third kappa shape index (κ3) is 3.08. The van der Waals surface area contributed by atoms with E-state index >= 15 is 0 Å². The number of carboxylic acids is 1. The zero-order valence-corrected chi connectivity index (χ0v) is 15.5. The molecular weight excluding hydrogens is 356 g/mol. The molecule has 0 saturated heterocycles. The second-order valence-corrected chi connectivity index (χ2v) is 6.81. The zero-order chi connectivity index (χ0) is 19.0. The van der Waals surface area contributed by atoms with Gasteiger partial charge in [-0.3, -0.25) is 14.5 Å². The lowest BCUT2D eigenvalue weighted by Crippen LogP contribution is -2.27. The second-order valence-electron chi connectivity index (χ2n) is 5.98. The molecule has 0 fully saturated rings. The number of hydrogen-bond donors (Lipinski definition) is 1. The van der Waals surface area contributed by atoms with E-state index in [9.17, 15) is 14.4 Å². The fourth-order valence-corrected chi connectivity index (χ4v) is 3.94. The first-order valence-corrected chi connectivity index (χ1v) is 9.05. The molecule has 0 unspecified atom stereocenters. The van der Waals surface area contributed by atoms with Crippen LogP contribution in [-0.4, -0.2) is 34.3 Å². The second kappa shape index (κ2) is 6.87. The van der Waals surface area contributed by atoms with Gasteiger partial charge in [-0.15, -0.1) is 11.3 Å². The van der Waals surface area contributed by atoms with E-state index in [2.05, 4.69) is 4.98 Å². The van der Waals surface area contributed by atoms with Crippen molar-refractivity contribution in [3.8, 4) is 0 Å². The number of aromatic nitrogens is 1. The Kier molecular flexibility index (Phi) is 4.78. The van der Waals surface area contributed by atoms with Gasteiger partial charge in [0.05, 0.1) is 11.3 Å². The van der Waals surface area contributed by atoms with E-state index in [1.807, 2.05) is 6.92 Å². The molecule has 0 bridgehead atoms. The minimum absolute atomic E-state index is 0.0883. The third-order valence-electron chi connectivity index (χ3n) is 4.31. The van der Waals surface area contributed by atoms with Gasteiger partial charge in [0.1, 0.15) is 5.76 Å². The van der Waals surface area contributed by atoms with Gasteiger partial charge in [-0.1, -0.05) is 0 Å². The van der Waals surface area contributed by atoms with E-state index in [0.29, 0.717) is 52.7 Å². The highest BCUT2D eigenvalue weighted by molar-refractivity contribution is 7.14. The summed E-state index contributed by atoms with van der Waals surface area (Å²) in [6.45, 7) is 5.46. The van der Waals surface area contributed by atoms with Gasteiger partial charge in [0.15, 0.2) is 10.9 Å². The van der Waals surface area contributed by atoms with Crippen LogP contribution in [-0.2, 0) is 11.2 Å². The van der Waals surface area contributed by atoms with Crippen LogP contribution < -0.4 is 4.90 Å². The summed E-state index contributed by atoms with van der Waals surface area (Å²) in [5.41, 5.74) is 1.86. The molecule has 1 aliphatic carbocycles. The van der Waals surface area contributed by atoms with Crippen LogP contribution in [0.2, 0.25) is 0 Å². The average molecular weight is 374 g/mol. The predicted octanol–water partition coefficient (Wildman–Crippen LogP) is 3.33. The van der Waals surface area contributed by atoms with Crippen LogP contribution in [0.5, 0.6) is 0 Å². The first-order chi connectivity index (χ1) is 12.3. The molecule has 0 saturated carbocycles. The van der Waals surface area contributed by atoms with Crippen LogP contribution in [0, 0.1) is 6.92 Å². The minimum Gasteiger partial charge on any atom is -0.475 e. The molecule has 0 aliphatic heterocycles. The molecule has 3 rings (SSSR count). The monoisotopic (exact) mass is 374 g/mol. The smallest absolute Gasteiger partial charge is 0.372 e. The van der Waals surface area contributed by atoms with E-state index in [4.69, 9.17) is 9.52 Å². The fourth-order valence-electron chi connectivity index (χ4n) is 3.05. The lowest BCUT2D eigenvalue weighted by Gasteiger charge is -2.14. The Balaban J connectivity index is 1.92. The number of Topliss-reactive ketones (excluding diaryl/α,β-unsaturated/α-hetero) is 1. The lowest BCUT2D eigenvalue weighted by molar-refractivity contribution is -0.116. The minimum atomic E-state index is -1.18. The van der Waals surface area contributed by atoms with Crippen LogP contribution in [0.4, 0.5) is 5.13 Å². The lowest BCUT2D eigenvalue weighted by atomic mass is 9.89. The zero-order valence-electron chi connectivity index (χ0n) is 14.7. The Hall–Kier alpha value is -2.74. The van der Waals surface area contributed by atoms with Crippen molar-refractivity contribution in [2.75, 3.05) is 11.4 Å². The quantitative estimate of drug-likeness (QED) is 0.824. The van der Waals surface area contributed by atoms with Gasteiger partial charge < -0.3 is 9.52 Å². The van der Waals surface area contributed by atoms with Crippen LogP contribution >= 0.6 is 11.3 Å². The van der Waals surface area contributed by atoms with Crippen LogP contribution in [0.3, 0.4) is 0 Å². The van der Waals surface area contributed by atoms with Gasteiger partial charge in [0, 0.05) is 36.4 Å². The van der Waals surface area contributed by atoms with Gasteiger partial charge in [0.2, 0.25) is 11.7 Å². The molecule has 136 valence electrons. The van der Waals surface area contributed by atoms with E-state index in [0.717, 1.165) is 0 Å². The number of aromatic carboxylic acids is 1. The number of furan rings is 1. The van der Waals surface area contributed by atoms with Crippen molar-refractivity contribution in [1.82, 2.24) is 4.98 Å². The number of allylic oxidation sites excluding steroid dienone is 1. The largest absolute Gasteiger partial charge is 0.475 e. The summed E-state index contributed by atoms with van der Waals surface area (Å²) in [6, 6.07) is 0. The molecule has 7 nitrogen and oxygen atoms in total. The molecule has 1 amide bonds. The number of rotatable bonds is 4. The summed E-state index contributed by atoms with van der Waals surface area (Å²) in [4.78, 5) is 41.6. The average Bonchev–Trinajstić information content (AvgIpc) is 3.16. The number of hydrogen-bond acceptors (Lipinski definition) is 6. The number of thiazole rings is 1. The Labute approximate surface area is 154 Å². The number of carbonyl (C=O) groups excluding carboxylic acids is 2. The van der Waals surface area contributed by atoms with Crippen LogP contribution in [0.25, 0.3) is 6.08 Å². The summed E-state index contributed by atoms with van der Waals surface area (Å²) in [7, 11) is 0. The topological polar surface area (TPSA) is 101 Å². The summed E-state index contributed by atoms with van der Waals surface area (Å²) in [6.07, 6.45) is 2.62. The highest BCUT2D eigenvalue weighted by Gasteiger charge is 2.31. The maximum atomic E-state index is 12.8. The normalized spacial score (nSPS) is 15.2. The van der Waals surface area contributed by atoms with E-state index < -0.39 is 5.97 Å². The molecule has 2 aromatic rings. The molecule has 0 spiro atoms. The van der Waals surface area contributed by atoms with Crippen molar-refractivity contribution in [3.63, 3.8) is 0 Å². The Morgan fingerprint density at radius 3 is 2.77 bits per heavy atom. The van der Waals surface area contributed by atoms with Crippen molar-refractivity contribution in [2.45, 2.75) is 33.6 Å². The number of anilines is 1. The van der Waals surface area contributed by atoms with Gasteiger partial charge in [-0.05, 0) is 26.3 Å². The van der Waals surface area contributed by atoms with E-state index in [-0.39, 0.29) is 17.5 Å². The molecule has 0 atom stereocenters. The first kappa shape index (κ1) is 18.1. The van der Waals surface area contributed by atoms with Gasteiger partial charge in [0.25, 0.3) is 0 Å². The standard InChI is InChI=1S/C18H18N2O5S/c1-4-20(10(3)21)18-19-12(8-26-18)7-11-5-6-13-14(15(11)22)9(2)16(25-13)17(23)24/h7-8H,4-6H2,1-3H3,(H,23,24). The molecule has 1 N–H and O–H groups in total. The first-order valence-electron chi connectivity index (χ1n) is 8.17. The Morgan fingerprint density at radius 2 is 2.15 bits per heavy atom. The highest BCUT2D eigenvalue weighted by atomic mass is 32.1. The maximum absolute atomic E-state index is 12.8. The van der Waals surface area contributed by atoms with Crippen molar-refractivity contribution in [2.24, 2.45) is 0 Å². The number of carboxylic acid groups (broad SMARTS) is 1. The molecule has 0 aromatic carbocycles. The molecule has 1 aliphatic rings. The summed E-state index contributed by atoms with van der Waals surface area (Å²) < 4.78 is 5.34. The number of amides is 1. The summed E-state index contributed by atoms with van der Waals surface area (Å²) in [5.74, 6) is -1.25. The van der Waals surface area contributed by atoms with Crippen molar-refractivity contribution < 1.29 is 23.9 Å². The number of fused-ring (bicyclic) bond motifs is 1. The Morgan fingerprint density at radius 1 is 1.42 bits per heavy atom. The number of carbonyl (C=O) groups is 3. The molecule has 2 aromatic heterocycles. The molecule has 8 heteroatoms.